The number of aliphatic hydroxyl groups is 2. The van der Waals surface area contributed by atoms with Gasteiger partial charge in [0.2, 0.25) is 0 Å². The Bertz CT molecular complexity index is 919. The number of benzene rings is 1. The molecular formula is C17H20ClN5O2. The molecule has 2 N–H and O–H groups in total. The van der Waals surface area contributed by atoms with Gasteiger partial charge in [0.1, 0.15) is 6.10 Å². The van der Waals surface area contributed by atoms with Gasteiger partial charge in [0.25, 0.3) is 0 Å². The zero-order chi connectivity index (χ0) is 17.6. The molecule has 3 aromatic rings. The van der Waals surface area contributed by atoms with Crippen molar-refractivity contribution in [3.05, 3.63) is 46.4 Å². The number of hydrogen-bond donors (Lipinski definition) is 2. The summed E-state index contributed by atoms with van der Waals surface area (Å²) in [4.78, 5) is 2.29. The number of nitrogens with zero attached hydrogens (tertiary/aromatic N) is 5. The minimum atomic E-state index is -0.926. The highest BCUT2D eigenvalue weighted by Gasteiger charge is 2.22. The van der Waals surface area contributed by atoms with Crippen LogP contribution in [0.25, 0.3) is 10.9 Å². The normalized spacial score (nSPS) is 16.3. The van der Waals surface area contributed by atoms with Gasteiger partial charge in [-0.3, -0.25) is 14.3 Å². The summed E-state index contributed by atoms with van der Waals surface area (Å²) < 4.78 is 3.76. The number of aliphatic hydroxyl groups excluding tert-OH is 2. The predicted molar refractivity (Wildman–Crippen MR) is 94.1 cm³/mol. The van der Waals surface area contributed by atoms with Gasteiger partial charge in [0, 0.05) is 32.1 Å². The van der Waals surface area contributed by atoms with Crippen molar-refractivity contribution < 1.29 is 10.2 Å². The van der Waals surface area contributed by atoms with Crippen LogP contribution in [-0.2, 0) is 26.7 Å². The van der Waals surface area contributed by atoms with E-state index in [0.29, 0.717) is 18.8 Å². The molecule has 0 amide bonds. The predicted octanol–water partition coefficient (Wildman–Crippen LogP) is 1.46. The van der Waals surface area contributed by atoms with Gasteiger partial charge >= 0.3 is 0 Å². The van der Waals surface area contributed by atoms with Gasteiger partial charge in [-0.2, -0.15) is 10.2 Å². The molecule has 7 nitrogen and oxygen atoms in total. The summed E-state index contributed by atoms with van der Waals surface area (Å²) in [6, 6.07) is 7.70. The summed E-state index contributed by atoms with van der Waals surface area (Å²) in [7, 11) is 1.93. The van der Waals surface area contributed by atoms with Crippen LogP contribution in [0.5, 0.6) is 0 Å². The summed E-state index contributed by atoms with van der Waals surface area (Å²) >= 11 is 6.39. The molecule has 0 fully saturated rings. The van der Waals surface area contributed by atoms with Crippen LogP contribution in [0.2, 0.25) is 5.02 Å². The van der Waals surface area contributed by atoms with Gasteiger partial charge in [-0.05, 0) is 18.2 Å². The number of hydrogen-bond acceptors (Lipinski definition) is 5. The highest BCUT2D eigenvalue weighted by atomic mass is 35.5. The van der Waals surface area contributed by atoms with Crippen molar-refractivity contribution in [2.24, 2.45) is 7.05 Å². The van der Waals surface area contributed by atoms with Crippen molar-refractivity contribution in [2.75, 3.05) is 13.2 Å². The third-order valence-electron chi connectivity index (χ3n) is 4.68. The van der Waals surface area contributed by atoms with Crippen LogP contribution in [0.1, 0.15) is 23.2 Å². The minimum absolute atomic E-state index is 0.321. The fourth-order valence-corrected chi connectivity index (χ4v) is 3.69. The van der Waals surface area contributed by atoms with Crippen molar-refractivity contribution in [3.63, 3.8) is 0 Å². The summed E-state index contributed by atoms with van der Waals surface area (Å²) in [5.74, 6) is 0. The van der Waals surface area contributed by atoms with E-state index < -0.39 is 6.10 Å². The van der Waals surface area contributed by atoms with Gasteiger partial charge in [0.05, 0.1) is 40.8 Å². The Balaban J connectivity index is 1.58. The van der Waals surface area contributed by atoms with E-state index in [1.54, 1.807) is 0 Å². The van der Waals surface area contributed by atoms with Gasteiger partial charge in [-0.15, -0.1) is 0 Å². The Morgan fingerprint density at radius 3 is 2.92 bits per heavy atom. The highest BCUT2D eigenvalue weighted by Crippen LogP contribution is 2.28. The lowest BCUT2D eigenvalue weighted by atomic mass is 10.2. The molecule has 4 rings (SSSR count). The molecule has 8 heteroatoms. The molecule has 0 bridgehead atoms. The average Bonchev–Trinajstić information content (AvgIpc) is 3.16. The third-order valence-corrected chi connectivity index (χ3v) is 5.00. The maximum atomic E-state index is 9.76. The fraction of sp³-hybridized carbons (Fsp3) is 0.412. The monoisotopic (exact) mass is 361 g/mol. The zero-order valence-corrected chi connectivity index (χ0v) is 14.7. The van der Waals surface area contributed by atoms with Crippen LogP contribution in [0.4, 0.5) is 0 Å². The molecule has 0 aliphatic carbocycles. The molecule has 1 aliphatic rings. The van der Waals surface area contributed by atoms with E-state index in [4.69, 9.17) is 16.7 Å². The van der Waals surface area contributed by atoms with Crippen LogP contribution in [0.15, 0.2) is 24.3 Å². The van der Waals surface area contributed by atoms with Crippen molar-refractivity contribution >= 4 is 22.5 Å². The Morgan fingerprint density at radius 2 is 2.12 bits per heavy atom. The van der Waals surface area contributed by atoms with E-state index in [1.807, 2.05) is 40.7 Å². The van der Waals surface area contributed by atoms with E-state index in [9.17, 15) is 5.11 Å². The lowest BCUT2D eigenvalue weighted by molar-refractivity contribution is 0.0915. The summed E-state index contributed by atoms with van der Waals surface area (Å²) in [6.07, 6.45) is -0.926. The largest absolute Gasteiger partial charge is 0.393 e. The molecule has 0 saturated heterocycles. The van der Waals surface area contributed by atoms with Crippen molar-refractivity contribution in [1.82, 2.24) is 24.5 Å². The first-order valence-corrected chi connectivity index (χ1v) is 8.62. The second kappa shape index (κ2) is 6.42. The van der Waals surface area contributed by atoms with Gasteiger partial charge in [-0.1, -0.05) is 17.7 Å². The number of fused-ring (bicyclic) bond motifs is 2. The van der Waals surface area contributed by atoms with E-state index >= 15 is 0 Å². The molecule has 0 radical (unpaired) electrons. The smallest absolute Gasteiger partial charge is 0.121 e. The topological polar surface area (TPSA) is 79.3 Å². The van der Waals surface area contributed by atoms with Crippen molar-refractivity contribution in [3.8, 4) is 0 Å². The molecule has 1 atom stereocenters. The first-order chi connectivity index (χ1) is 12.1. The average molecular weight is 362 g/mol. The standard InChI is InChI=1S/C17H20ClN5O2/c1-21-15-4-2-3-12(18)17(15)14(19-21)9-22-5-6-23-11(8-22)7-13(20-23)16(25)10-24/h2-4,7,16,24-25H,5-6,8-10H2,1H3/t16-/m1/s1. The molecule has 1 aliphatic heterocycles. The molecule has 25 heavy (non-hydrogen) atoms. The Labute approximate surface area is 150 Å². The fourth-order valence-electron chi connectivity index (χ4n) is 3.41. The summed E-state index contributed by atoms with van der Waals surface area (Å²) in [5.41, 5.74) is 3.54. The molecule has 0 saturated carbocycles. The lowest BCUT2D eigenvalue weighted by Crippen LogP contribution is -2.33. The lowest BCUT2D eigenvalue weighted by Gasteiger charge is -2.26. The zero-order valence-electron chi connectivity index (χ0n) is 13.9. The van der Waals surface area contributed by atoms with Crippen LogP contribution >= 0.6 is 11.6 Å². The number of aromatic nitrogens is 4. The SMILES string of the molecule is Cn1nc(CN2CCn3nc([C@H](O)CO)cc3C2)c2c(Cl)cccc21. The number of aryl methyl sites for hydroxylation is 1. The molecule has 1 aromatic carbocycles. The van der Waals surface area contributed by atoms with Crippen LogP contribution in [-0.4, -0.2) is 47.8 Å². The third kappa shape index (κ3) is 2.93. The molecule has 3 heterocycles. The summed E-state index contributed by atoms with van der Waals surface area (Å²) in [5, 5.41) is 29.6. The molecule has 0 unspecified atom stereocenters. The maximum absolute atomic E-state index is 9.76. The molecular weight excluding hydrogens is 342 g/mol. The Hall–Kier alpha value is -1.93. The maximum Gasteiger partial charge on any atom is 0.121 e. The van der Waals surface area contributed by atoms with Crippen molar-refractivity contribution in [2.45, 2.75) is 25.7 Å². The van der Waals surface area contributed by atoms with Gasteiger partial charge < -0.3 is 10.2 Å². The first kappa shape index (κ1) is 16.5. The van der Waals surface area contributed by atoms with E-state index in [-0.39, 0.29) is 6.61 Å². The van der Waals surface area contributed by atoms with E-state index in [2.05, 4.69) is 15.1 Å². The van der Waals surface area contributed by atoms with Crippen LogP contribution in [0, 0.1) is 0 Å². The summed E-state index contributed by atoms with van der Waals surface area (Å²) in [6.45, 7) is 2.67. The highest BCUT2D eigenvalue weighted by molar-refractivity contribution is 6.35. The van der Waals surface area contributed by atoms with Gasteiger partial charge in [0.15, 0.2) is 0 Å². The number of halogens is 1. The number of rotatable bonds is 4. The molecule has 2 aromatic heterocycles. The molecule has 0 spiro atoms. The second-order valence-electron chi connectivity index (χ2n) is 6.40. The van der Waals surface area contributed by atoms with Crippen molar-refractivity contribution in [1.29, 1.82) is 0 Å². The van der Waals surface area contributed by atoms with Crippen LogP contribution < -0.4 is 0 Å². The quantitative estimate of drug-likeness (QED) is 0.735. The van der Waals surface area contributed by atoms with E-state index in [1.165, 1.54) is 0 Å². The van der Waals surface area contributed by atoms with Crippen LogP contribution in [0.3, 0.4) is 0 Å². The van der Waals surface area contributed by atoms with E-state index in [0.717, 1.165) is 40.4 Å². The Kier molecular flexibility index (Phi) is 4.24. The van der Waals surface area contributed by atoms with Gasteiger partial charge in [-0.25, -0.2) is 0 Å². The molecule has 132 valence electrons. The second-order valence-corrected chi connectivity index (χ2v) is 6.80. The minimum Gasteiger partial charge on any atom is -0.393 e. The Morgan fingerprint density at radius 1 is 1.28 bits per heavy atom. The first-order valence-electron chi connectivity index (χ1n) is 8.25.